The number of benzene rings is 1. The van der Waals surface area contributed by atoms with Crippen LogP contribution in [-0.2, 0) is 11.3 Å². The van der Waals surface area contributed by atoms with Gasteiger partial charge in [-0.3, -0.25) is 9.88 Å². The molecule has 1 amide bonds. The fourth-order valence-corrected chi connectivity index (χ4v) is 3.61. The van der Waals surface area contributed by atoms with E-state index in [0.29, 0.717) is 28.6 Å². The summed E-state index contributed by atoms with van der Waals surface area (Å²) in [6.07, 6.45) is 1.43. The fraction of sp³-hybridized carbons (Fsp3) is 0.474. The Balaban J connectivity index is 2.14. The van der Waals surface area contributed by atoms with Crippen LogP contribution in [-0.4, -0.2) is 35.8 Å². The van der Waals surface area contributed by atoms with Crippen LogP contribution in [0.4, 0.5) is 4.79 Å². The highest BCUT2D eigenvalue weighted by molar-refractivity contribution is 6.33. The lowest BCUT2D eigenvalue weighted by Gasteiger charge is -2.27. The second kappa shape index (κ2) is 6.50. The second-order valence-electron chi connectivity index (χ2n) is 7.30. The molecule has 140 valence electrons. The molecule has 1 aromatic heterocycles. The summed E-state index contributed by atoms with van der Waals surface area (Å²) >= 11 is 6.30. The topological polar surface area (TPSA) is 60.9 Å². The highest BCUT2D eigenvalue weighted by Crippen LogP contribution is 2.47. The Labute approximate surface area is 158 Å². The number of hydrogen-bond acceptors (Lipinski definition) is 5. The molecular formula is C19H23ClN2O4. The van der Waals surface area contributed by atoms with Gasteiger partial charge < -0.3 is 14.2 Å². The molecule has 1 aliphatic rings. The van der Waals surface area contributed by atoms with Crippen molar-refractivity contribution in [1.29, 1.82) is 0 Å². The summed E-state index contributed by atoms with van der Waals surface area (Å²) in [6, 6.07) is 1.56. The largest absolute Gasteiger partial charge is 0.492 e. The van der Waals surface area contributed by atoms with Crippen molar-refractivity contribution in [3.8, 4) is 11.5 Å². The zero-order chi connectivity index (χ0) is 19.2. The molecule has 7 heteroatoms. The summed E-state index contributed by atoms with van der Waals surface area (Å²) in [6.45, 7) is 7.96. The second-order valence-corrected chi connectivity index (χ2v) is 7.71. The molecular weight excluding hydrogens is 356 g/mol. The maximum Gasteiger partial charge on any atom is 0.411 e. The van der Waals surface area contributed by atoms with Gasteiger partial charge >= 0.3 is 6.09 Å². The zero-order valence-electron chi connectivity index (χ0n) is 15.8. The Morgan fingerprint density at radius 3 is 2.50 bits per heavy atom. The van der Waals surface area contributed by atoms with Crippen molar-refractivity contribution in [3.05, 3.63) is 28.4 Å². The van der Waals surface area contributed by atoms with E-state index in [1.165, 1.54) is 0 Å². The zero-order valence-corrected chi connectivity index (χ0v) is 16.6. The van der Waals surface area contributed by atoms with Crippen molar-refractivity contribution in [1.82, 2.24) is 9.88 Å². The third-order valence-corrected chi connectivity index (χ3v) is 4.69. The summed E-state index contributed by atoms with van der Waals surface area (Å²) in [4.78, 5) is 18.8. The molecule has 2 heterocycles. The molecule has 0 radical (unpaired) electrons. The van der Waals surface area contributed by atoms with E-state index in [0.717, 1.165) is 16.5 Å². The molecule has 0 N–H and O–H groups in total. The van der Waals surface area contributed by atoms with Crippen LogP contribution in [0.15, 0.2) is 12.3 Å². The highest BCUT2D eigenvalue weighted by atomic mass is 35.5. The van der Waals surface area contributed by atoms with E-state index >= 15 is 0 Å². The number of methoxy groups -OCH3 is 2. The number of fused-ring (bicyclic) bond motifs is 3. The van der Waals surface area contributed by atoms with Gasteiger partial charge in [-0.1, -0.05) is 11.6 Å². The molecule has 2 aromatic rings. The highest BCUT2D eigenvalue weighted by Gasteiger charge is 2.36. The van der Waals surface area contributed by atoms with Crippen molar-refractivity contribution in [2.75, 3.05) is 14.2 Å². The Hall–Kier alpha value is -2.21. The van der Waals surface area contributed by atoms with Crippen LogP contribution in [0, 0.1) is 0 Å². The van der Waals surface area contributed by atoms with Crippen molar-refractivity contribution in [3.63, 3.8) is 0 Å². The monoisotopic (exact) mass is 378 g/mol. The van der Waals surface area contributed by atoms with E-state index in [1.54, 1.807) is 31.4 Å². The summed E-state index contributed by atoms with van der Waals surface area (Å²) < 4.78 is 16.6. The standard InChI is InChI=1S/C19H23ClN2O4/c1-10-14-11(9-22(10)18(23)26-19(2,3)4)8-21-13-7-12(20)16(24-5)17(25-6)15(13)14/h7-8,10H,9H2,1-6H3/t10-/m0/s1. The third kappa shape index (κ3) is 3.03. The number of ether oxygens (including phenoxy) is 3. The molecule has 0 aliphatic carbocycles. The molecule has 0 spiro atoms. The molecule has 3 rings (SSSR count). The lowest BCUT2D eigenvalue weighted by Crippen LogP contribution is -2.35. The molecule has 1 aliphatic heterocycles. The molecule has 0 saturated heterocycles. The Morgan fingerprint density at radius 1 is 1.27 bits per heavy atom. The summed E-state index contributed by atoms with van der Waals surface area (Å²) in [7, 11) is 3.11. The SMILES string of the molecule is COc1c(Cl)cc2ncc3c(c2c1OC)[C@H](C)N(C(=O)OC(C)(C)C)C3. The number of halogens is 1. The number of aromatic nitrogens is 1. The number of amides is 1. The lowest BCUT2D eigenvalue weighted by molar-refractivity contribution is 0.0188. The van der Waals surface area contributed by atoms with Crippen molar-refractivity contribution in [2.45, 2.75) is 45.9 Å². The summed E-state index contributed by atoms with van der Waals surface area (Å²) in [5.41, 5.74) is 2.08. The van der Waals surface area contributed by atoms with Gasteiger partial charge in [0.25, 0.3) is 0 Å². The average Bonchev–Trinajstić information content (AvgIpc) is 2.89. The molecule has 0 fully saturated rings. The minimum atomic E-state index is -0.555. The number of nitrogens with zero attached hydrogens (tertiary/aromatic N) is 2. The van der Waals surface area contributed by atoms with Gasteiger partial charge in [-0.2, -0.15) is 0 Å². The van der Waals surface area contributed by atoms with Crippen LogP contribution in [0.25, 0.3) is 10.9 Å². The van der Waals surface area contributed by atoms with E-state index in [9.17, 15) is 4.79 Å². The lowest BCUT2D eigenvalue weighted by atomic mass is 10.00. The first-order chi connectivity index (χ1) is 12.2. The molecule has 26 heavy (non-hydrogen) atoms. The van der Waals surface area contributed by atoms with Gasteiger partial charge in [-0.05, 0) is 44.9 Å². The van der Waals surface area contributed by atoms with Gasteiger partial charge in [0.15, 0.2) is 11.5 Å². The van der Waals surface area contributed by atoms with Gasteiger partial charge in [0.05, 0.1) is 42.7 Å². The molecule has 0 bridgehead atoms. The Kier molecular flexibility index (Phi) is 4.65. The van der Waals surface area contributed by atoms with Crippen LogP contribution in [0.5, 0.6) is 11.5 Å². The van der Waals surface area contributed by atoms with Gasteiger partial charge in [0.1, 0.15) is 5.60 Å². The van der Waals surface area contributed by atoms with E-state index < -0.39 is 5.60 Å². The Bertz CT molecular complexity index is 876. The maximum atomic E-state index is 12.6. The van der Waals surface area contributed by atoms with E-state index in [2.05, 4.69) is 4.98 Å². The van der Waals surface area contributed by atoms with Crippen molar-refractivity contribution < 1.29 is 19.0 Å². The average molecular weight is 379 g/mol. The third-order valence-electron chi connectivity index (χ3n) is 4.41. The summed E-state index contributed by atoms with van der Waals surface area (Å²) in [5.74, 6) is 0.983. The van der Waals surface area contributed by atoms with Gasteiger partial charge in [0, 0.05) is 6.20 Å². The minimum absolute atomic E-state index is 0.190. The van der Waals surface area contributed by atoms with Crippen LogP contribution in [0.3, 0.4) is 0 Å². The quantitative estimate of drug-likeness (QED) is 0.756. The maximum absolute atomic E-state index is 12.6. The van der Waals surface area contributed by atoms with Crippen molar-refractivity contribution >= 4 is 28.6 Å². The first-order valence-electron chi connectivity index (χ1n) is 8.39. The van der Waals surface area contributed by atoms with Gasteiger partial charge in [-0.15, -0.1) is 0 Å². The first-order valence-corrected chi connectivity index (χ1v) is 8.77. The molecule has 1 atom stereocenters. The molecule has 0 saturated carbocycles. The van der Waals surface area contributed by atoms with E-state index in [-0.39, 0.29) is 12.1 Å². The van der Waals surface area contributed by atoms with Crippen LogP contribution in [0.1, 0.15) is 44.9 Å². The smallest absolute Gasteiger partial charge is 0.411 e. The number of carbonyl (C=O) groups excluding carboxylic acids is 1. The van der Waals surface area contributed by atoms with Crippen LogP contribution < -0.4 is 9.47 Å². The number of rotatable bonds is 2. The van der Waals surface area contributed by atoms with Crippen LogP contribution in [0.2, 0.25) is 5.02 Å². The fourth-order valence-electron chi connectivity index (χ4n) is 3.34. The first kappa shape index (κ1) is 18.6. The van der Waals surface area contributed by atoms with Gasteiger partial charge in [-0.25, -0.2) is 4.79 Å². The Morgan fingerprint density at radius 2 is 1.92 bits per heavy atom. The van der Waals surface area contributed by atoms with E-state index in [1.807, 2.05) is 27.7 Å². The minimum Gasteiger partial charge on any atom is -0.492 e. The molecule has 6 nitrogen and oxygen atoms in total. The van der Waals surface area contributed by atoms with E-state index in [4.69, 9.17) is 25.8 Å². The number of carbonyl (C=O) groups is 1. The molecule has 0 unspecified atom stereocenters. The van der Waals surface area contributed by atoms with Crippen molar-refractivity contribution in [2.24, 2.45) is 0 Å². The van der Waals surface area contributed by atoms with Gasteiger partial charge in [0.2, 0.25) is 0 Å². The predicted molar refractivity (Wildman–Crippen MR) is 100 cm³/mol. The molecule has 1 aromatic carbocycles. The predicted octanol–water partition coefficient (Wildman–Crippen LogP) is 4.72. The summed E-state index contributed by atoms with van der Waals surface area (Å²) in [5, 5.41) is 1.24. The van der Waals surface area contributed by atoms with Crippen LogP contribution >= 0.6 is 11.6 Å². The number of hydrogen-bond donors (Lipinski definition) is 0. The normalized spacial score (nSPS) is 16.6. The number of pyridine rings is 1.